The molecule has 18 nitrogen and oxygen atoms in total. The number of para-hydroxylation sites is 1. The maximum Gasteiger partial charge on any atom is 0.243 e. The molecule has 0 radical (unpaired) electrons. The summed E-state index contributed by atoms with van der Waals surface area (Å²) in [5.41, 5.74) is 12.3. The fraction of sp³-hybridized carbons (Fsp3) is 0.473. The van der Waals surface area contributed by atoms with Crippen molar-refractivity contribution in [3.8, 4) is 39.4 Å². The number of rotatable bonds is 14. The SMILES string of the molecule is CC(NC(=O)C1CCCN1C(=O)C(c1cc(N2CCC(CN3CCC(OF)CC3)CC2)no1)C(C)C)c1ccc(-c2ccnn2C)cc1.Nc1nc2nc(-c3ccccc3O)cn2cc1-c1cnn(C2CCC2)c1. The van der Waals surface area contributed by atoms with Crippen LogP contribution in [0.3, 0.4) is 0 Å². The number of aromatic nitrogens is 8. The van der Waals surface area contributed by atoms with Crippen molar-refractivity contribution >= 4 is 29.2 Å². The number of nitrogens with two attached hydrogens (primary N) is 1. The van der Waals surface area contributed by atoms with Gasteiger partial charge in [-0.15, -0.1) is 0 Å². The maximum absolute atomic E-state index is 14.1. The molecule has 7 aromatic rings. The summed E-state index contributed by atoms with van der Waals surface area (Å²) in [6.07, 6.45) is 17.8. The van der Waals surface area contributed by atoms with Crippen molar-refractivity contribution in [2.75, 3.05) is 49.9 Å². The Balaban J connectivity index is 0.000000201. The highest BCUT2D eigenvalue weighted by Gasteiger charge is 2.41. The molecule has 4 aliphatic rings. The standard InChI is InChI=1S/C36H50FN7O4.C19H18N6O/c1-24(2)34(32-22-33(40-48-32)43-20-12-26(13-21-43)23-42-18-14-29(47-37)15-19-42)36(46)44-17-5-6-31(44)35(45)39-25(3)27-7-9-28(10-8-27)30-11-16-38-41(30)4;20-18-15(12-8-21-25(9-12)13-4-3-5-13)10-24-11-16(22-19(24)23-18)14-6-1-2-7-17(14)26/h7-11,16,22,24-26,29,31,34H,5-6,12-15,17-21,23H2,1-4H3,(H,39,45);1-2,6-11,13,26H,3-5H2,(H2,20,22,23). The number of hydrogen-bond donors (Lipinski definition) is 3. The van der Waals surface area contributed by atoms with E-state index >= 15 is 0 Å². The molecule has 19 heteroatoms. The summed E-state index contributed by atoms with van der Waals surface area (Å²) in [5.74, 6) is 2.24. The summed E-state index contributed by atoms with van der Waals surface area (Å²) in [6, 6.07) is 18.9. The highest BCUT2D eigenvalue weighted by molar-refractivity contribution is 5.91. The second-order valence-corrected chi connectivity index (χ2v) is 20.9. The van der Waals surface area contributed by atoms with Crippen molar-refractivity contribution < 1.29 is 28.7 Å². The first-order chi connectivity index (χ1) is 35.9. The Hall–Kier alpha value is -7.12. The topological polar surface area (TPSA) is 203 Å². The van der Waals surface area contributed by atoms with Gasteiger partial charge in [0.2, 0.25) is 17.6 Å². The van der Waals surface area contributed by atoms with Gasteiger partial charge in [-0.05, 0) is 110 Å². The zero-order chi connectivity index (χ0) is 51.5. The lowest BCUT2D eigenvalue weighted by Gasteiger charge is -2.36. The largest absolute Gasteiger partial charge is 0.507 e. The molecule has 4 N–H and O–H groups in total. The zero-order valence-electron chi connectivity index (χ0n) is 42.8. The van der Waals surface area contributed by atoms with Gasteiger partial charge in [-0.2, -0.15) is 20.1 Å². The lowest BCUT2D eigenvalue weighted by molar-refractivity contribution is -0.191. The van der Waals surface area contributed by atoms with Crippen molar-refractivity contribution in [1.82, 2.24) is 54.2 Å². The van der Waals surface area contributed by atoms with Crippen molar-refractivity contribution in [1.29, 1.82) is 0 Å². The first-order valence-electron chi connectivity index (χ1n) is 26.3. The lowest BCUT2D eigenvalue weighted by Crippen LogP contribution is -2.48. The Labute approximate surface area is 430 Å². The highest BCUT2D eigenvalue weighted by Crippen LogP contribution is 2.36. The number of likely N-dealkylation sites (tertiary alicyclic amines) is 2. The van der Waals surface area contributed by atoms with Crippen LogP contribution in [0.25, 0.3) is 39.4 Å². The van der Waals surface area contributed by atoms with Crippen LogP contribution in [-0.2, 0) is 21.6 Å². The van der Waals surface area contributed by atoms with Crippen LogP contribution >= 0.6 is 0 Å². The number of aromatic hydroxyl groups is 1. The smallest absolute Gasteiger partial charge is 0.243 e. The van der Waals surface area contributed by atoms with Crippen LogP contribution in [0.5, 0.6) is 5.75 Å². The van der Waals surface area contributed by atoms with Gasteiger partial charge in [-0.25, -0.2) is 4.98 Å². The van der Waals surface area contributed by atoms with Crippen molar-refractivity contribution in [2.24, 2.45) is 18.9 Å². The monoisotopic (exact) mass is 1010 g/mol. The first-order valence-corrected chi connectivity index (χ1v) is 26.3. The Kier molecular flexibility index (Phi) is 15.1. The molecule has 3 saturated heterocycles. The van der Waals surface area contributed by atoms with E-state index in [0.717, 1.165) is 98.6 Å². The van der Waals surface area contributed by atoms with E-state index in [1.165, 1.54) is 19.3 Å². The van der Waals surface area contributed by atoms with E-state index in [0.29, 0.717) is 53.5 Å². The molecule has 11 rings (SSSR count). The normalized spacial score (nSPS) is 18.9. The van der Waals surface area contributed by atoms with Gasteiger partial charge in [0, 0.05) is 93.9 Å². The molecular weight excluding hydrogens is 942 g/mol. The van der Waals surface area contributed by atoms with Gasteiger partial charge in [0.15, 0.2) is 11.6 Å². The minimum absolute atomic E-state index is 0.0304. The van der Waals surface area contributed by atoms with E-state index in [1.807, 2.05) is 115 Å². The van der Waals surface area contributed by atoms with Crippen LogP contribution in [0.1, 0.15) is 108 Å². The third kappa shape index (κ3) is 10.9. The number of amides is 2. The van der Waals surface area contributed by atoms with E-state index in [4.69, 9.17) is 10.3 Å². The quantitative estimate of drug-likeness (QED) is 0.0936. The molecule has 1 saturated carbocycles. The predicted molar refractivity (Wildman–Crippen MR) is 279 cm³/mol. The molecule has 3 unspecified atom stereocenters. The van der Waals surface area contributed by atoms with Gasteiger partial charge < -0.3 is 35.4 Å². The van der Waals surface area contributed by atoms with Gasteiger partial charge in [0.1, 0.15) is 29.6 Å². The molecule has 2 amide bonds. The predicted octanol–water partition coefficient (Wildman–Crippen LogP) is 8.54. The number of aryl methyl sites for hydroxylation is 1. The number of nitrogen functional groups attached to an aromatic ring is 1. The number of nitrogens with one attached hydrogen (secondary N) is 1. The molecule has 2 aromatic carbocycles. The van der Waals surface area contributed by atoms with Crippen LogP contribution in [0.2, 0.25) is 0 Å². The average molecular weight is 1010 g/mol. The number of hydrogen-bond acceptors (Lipinski definition) is 13. The van der Waals surface area contributed by atoms with Gasteiger partial charge in [-0.1, -0.05) is 55.4 Å². The van der Waals surface area contributed by atoms with Crippen molar-refractivity contribution in [2.45, 2.75) is 109 Å². The number of carbonyl (C=O) groups excluding carboxylic acids is 2. The molecule has 3 atom stereocenters. The summed E-state index contributed by atoms with van der Waals surface area (Å²) in [4.78, 5) is 47.0. The summed E-state index contributed by atoms with van der Waals surface area (Å²) in [7, 11) is 1.91. The Bertz CT molecular complexity index is 3020. The molecule has 0 bridgehead atoms. The highest BCUT2D eigenvalue weighted by atomic mass is 19.3. The maximum atomic E-state index is 14.1. The summed E-state index contributed by atoms with van der Waals surface area (Å²) in [5, 5.41) is 26.3. The van der Waals surface area contributed by atoms with E-state index in [1.54, 1.807) is 23.2 Å². The zero-order valence-corrected chi connectivity index (χ0v) is 42.8. The van der Waals surface area contributed by atoms with E-state index in [2.05, 4.69) is 45.4 Å². The van der Waals surface area contributed by atoms with Gasteiger partial charge in [0.05, 0.1) is 29.7 Å². The molecule has 0 spiro atoms. The van der Waals surface area contributed by atoms with Crippen LogP contribution < -0.4 is 16.0 Å². The Morgan fingerprint density at radius 3 is 2.32 bits per heavy atom. The van der Waals surface area contributed by atoms with E-state index < -0.39 is 12.0 Å². The number of nitrogens with zero attached hydrogens (tertiary/aromatic N) is 11. The number of phenols is 1. The minimum atomic E-state index is -0.523. The number of piperidine rings is 2. The summed E-state index contributed by atoms with van der Waals surface area (Å²) < 4.78 is 24.0. The van der Waals surface area contributed by atoms with Gasteiger partial charge >= 0.3 is 0 Å². The van der Waals surface area contributed by atoms with Crippen LogP contribution in [-0.4, -0.2) is 117 Å². The fourth-order valence-electron chi connectivity index (χ4n) is 11.0. The molecule has 390 valence electrons. The van der Waals surface area contributed by atoms with Crippen molar-refractivity contribution in [3.05, 3.63) is 103 Å². The van der Waals surface area contributed by atoms with Gasteiger partial charge in [0.25, 0.3) is 0 Å². The van der Waals surface area contributed by atoms with Crippen molar-refractivity contribution in [3.63, 3.8) is 0 Å². The van der Waals surface area contributed by atoms with E-state index in [9.17, 15) is 19.2 Å². The molecule has 3 aliphatic heterocycles. The molecule has 8 heterocycles. The number of imidazole rings is 1. The molecule has 4 fully saturated rings. The van der Waals surface area contributed by atoms with Crippen LogP contribution in [0.15, 0.2) is 96.2 Å². The number of anilines is 2. The Morgan fingerprint density at radius 1 is 0.865 bits per heavy atom. The fourth-order valence-corrected chi connectivity index (χ4v) is 11.0. The minimum Gasteiger partial charge on any atom is -0.507 e. The van der Waals surface area contributed by atoms with E-state index in [-0.39, 0.29) is 35.6 Å². The molecule has 1 aliphatic carbocycles. The number of benzene rings is 2. The molecular formula is C55H68FN13O5. The first kappa shape index (κ1) is 50.4. The summed E-state index contributed by atoms with van der Waals surface area (Å²) >= 11 is 0. The number of carbonyl (C=O) groups is 2. The lowest BCUT2D eigenvalue weighted by atomic mass is 9.91. The van der Waals surface area contributed by atoms with Crippen LogP contribution in [0.4, 0.5) is 16.2 Å². The second-order valence-electron chi connectivity index (χ2n) is 20.9. The number of fused-ring (bicyclic) bond motifs is 1. The van der Waals surface area contributed by atoms with Gasteiger partial charge in [-0.3, -0.25) is 23.4 Å². The average Bonchev–Trinajstić information content (AvgIpc) is 4.26. The Morgan fingerprint density at radius 2 is 1.64 bits per heavy atom. The number of phenolic OH excluding ortho intramolecular Hbond substituents is 1. The third-order valence-corrected chi connectivity index (χ3v) is 15.6. The summed E-state index contributed by atoms with van der Waals surface area (Å²) in [6.45, 7) is 11.1. The molecule has 5 aromatic heterocycles. The third-order valence-electron chi connectivity index (χ3n) is 15.6. The molecule has 74 heavy (non-hydrogen) atoms. The number of halogens is 1. The second kappa shape index (κ2) is 22.2. The van der Waals surface area contributed by atoms with Crippen LogP contribution in [0, 0.1) is 11.8 Å².